The van der Waals surface area contributed by atoms with E-state index in [4.69, 9.17) is 4.74 Å². The van der Waals surface area contributed by atoms with E-state index in [1.54, 1.807) is 0 Å². The highest BCUT2D eigenvalue weighted by atomic mass is 16.5. The van der Waals surface area contributed by atoms with Crippen LogP contribution in [-0.4, -0.2) is 29.0 Å². The summed E-state index contributed by atoms with van der Waals surface area (Å²) in [6, 6.07) is 15.6. The summed E-state index contributed by atoms with van der Waals surface area (Å²) in [5, 5.41) is 2.90. The number of carbonyl (C=O) groups is 1. The van der Waals surface area contributed by atoms with E-state index in [0.717, 1.165) is 48.3 Å². The fourth-order valence-corrected chi connectivity index (χ4v) is 3.28. The van der Waals surface area contributed by atoms with E-state index in [1.807, 2.05) is 60.5 Å². The minimum atomic E-state index is -0.107. The highest BCUT2D eigenvalue weighted by Crippen LogP contribution is 2.30. The Bertz CT molecular complexity index is 909. The SMILES string of the molecule is Cc1ccc(Oc2cccc3[nH]c(C(=O)NN4CCCCC4)cc23)cc1. The van der Waals surface area contributed by atoms with Gasteiger partial charge in [-0.3, -0.25) is 10.2 Å². The van der Waals surface area contributed by atoms with Gasteiger partial charge in [0.05, 0.1) is 0 Å². The molecule has 0 aliphatic carbocycles. The summed E-state index contributed by atoms with van der Waals surface area (Å²) in [5.41, 5.74) is 5.62. The minimum absolute atomic E-state index is 0.107. The molecule has 1 aromatic heterocycles. The van der Waals surface area contributed by atoms with Crippen LogP contribution in [0.1, 0.15) is 35.3 Å². The molecule has 1 aliphatic heterocycles. The van der Waals surface area contributed by atoms with Gasteiger partial charge in [0.1, 0.15) is 17.2 Å². The van der Waals surface area contributed by atoms with Crippen molar-refractivity contribution in [1.82, 2.24) is 15.4 Å². The number of benzene rings is 2. The average molecular weight is 349 g/mol. The van der Waals surface area contributed by atoms with Crippen molar-refractivity contribution >= 4 is 16.8 Å². The predicted molar refractivity (Wildman–Crippen MR) is 102 cm³/mol. The molecule has 5 nitrogen and oxygen atoms in total. The third-order valence-electron chi connectivity index (χ3n) is 4.73. The Balaban J connectivity index is 1.56. The maximum Gasteiger partial charge on any atom is 0.282 e. The third-order valence-corrected chi connectivity index (χ3v) is 4.73. The Labute approximate surface area is 152 Å². The van der Waals surface area contributed by atoms with Gasteiger partial charge in [0.15, 0.2) is 0 Å². The lowest BCUT2D eigenvalue weighted by molar-refractivity contribution is 0.0745. The average Bonchev–Trinajstić information content (AvgIpc) is 3.10. The molecule has 2 heterocycles. The van der Waals surface area contributed by atoms with Crippen LogP contribution in [0.25, 0.3) is 10.9 Å². The fourth-order valence-electron chi connectivity index (χ4n) is 3.28. The van der Waals surface area contributed by atoms with Crippen molar-refractivity contribution in [2.75, 3.05) is 13.1 Å². The van der Waals surface area contributed by atoms with E-state index in [2.05, 4.69) is 10.4 Å². The van der Waals surface area contributed by atoms with Crippen molar-refractivity contribution < 1.29 is 9.53 Å². The monoisotopic (exact) mass is 349 g/mol. The second-order valence-corrected chi connectivity index (χ2v) is 6.80. The number of piperidine rings is 1. The number of fused-ring (bicyclic) bond motifs is 1. The Kier molecular flexibility index (Phi) is 4.63. The van der Waals surface area contributed by atoms with Gasteiger partial charge in [-0.1, -0.05) is 30.2 Å². The molecule has 1 fully saturated rings. The first-order chi connectivity index (χ1) is 12.7. The van der Waals surface area contributed by atoms with Gasteiger partial charge < -0.3 is 9.72 Å². The van der Waals surface area contributed by atoms with E-state index in [-0.39, 0.29) is 5.91 Å². The van der Waals surface area contributed by atoms with Crippen molar-refractivity contribution in [2.45, 2.75) is 26.2 Å². The van der Waals surface area contributed by atoms with Gasteiger partial charge in [0, 0.05) is 24.0 Å². The Hall–Kier alpha value is -2.79. The molecule has 1 aliphatic rings. The van der Waals surface area contributed by atoms with Crippen molar-refractivity contribution in [3.63, 3.8) is 0 Å². The zero-order valence-electron chi connectivity index (χ0n) is 14.9. The maximum atomic E-state index is 12.6. The second-order valence-electron chi connectivity index (χ2n) is 6.80. The summed E-state index contributed by atoms with van der Waals surface area (Å²) < 4.78 is 6.03. The number of carbonyl (C=O) groups excluding carboxylic acids is 1. The number of aromatic amines is 1. The van der Waals surface area contributed by atoms with Crippen LogP contribution in [0, 0.1) is 6.92 Å². The van der Waals surface area contributed by atoms with Gasteiger partial charge in [-0.2, -0.15) is 0 Å². The lowest BCUT2D eigenvalue weighted by Crippen LogP contribution is -2.45. The molecule has 5 heteroatoms. The first-order valence-corrected chi connectivity index (χ1v) is 9.11. The van der Waals surface area contributed by atoms with Crippen molar-refractivity contribution in [1.29, 1.82) is 0 Å². The van der Waals surface area contributed by atoms with E-state index < -0.39 is 0 Å². The highest BCUT2D eigenvalue weighted by Gasteiger charge is 2.17. The Morgan fingerprint density at radius 1 is 1.08 bits per heavy atom. The van der Waals surface area contributed by atoms with Crippen molar-refractivity contribution in [3.05, 3.63) is 59.8 Å². The molecule has 26 heavy (non-hydrogen) atoms. The Morgan fingerprint density at radius 2 is 1.85 bits per heavy atom. The van der Waals surface area contributed by atoms with Gasteiger partial charge >= 0.3 is 0 Å². The lowest BCUT2D eigenvalue weighted by Gasteiger charge is -2.26. The first-order valence-electron chi connectivity index (χ1n) is 9.11. The smallest absolute Gasteiger partial charge is 0.282 e. The molecule has 0 bridgehead atoms. The van der Waals surface area contributed by atoms with Gasteiger partial charge in [-0.25, -0.2) is 5.01 Å². The van der Waals surface area contributed by atoms with Gasteiger partial charge in [-0.05, 0) is 50.1 Å². The van der Waals surface area contributed by atoms with Crippen molar-refractivity contribution in [2.24, 2.45) is 0 Å². The van der Waals surface area contributed by atoms with Crippen LogP contribution in [0.5, 0.6) is 11.5 Å². The molecule has 0 unspecified atom stereocenters. The molecule has 3 aromatic rings. The maximum absolute atomic E-state index is 12.6. The second kappa shape index (κ2) is 7.22. The summed E-state index contributed by atoms with van der Waals surface area (Å²) in [5.74, 6) is 1.41. The predicted octanol–water partition coefficient (Wildman–Crippen LogP) is 4.40. The van der Waals surface area contributed by atoms with E-state index >= 15 is 0 Å². The zero-order chi connectivity index (χ0) is 17.9. The van der Waals surface area contributed by atoms with Gasteiger partial charge in [-0.15, -0.1) is 0 Å². The van der Waals surface area contributed by atoms with Crippen LogP contribution in [0.2, 0.25) is 0 Å². The lowest BCUT2D eigenvalue weighted by atomic mass is 10.2. The zero-order valence-corrected chi connectivity index (χ0v) is 14.9. The summed E-state index contributed by atoms with van der Waals surface area (Å²) in [6.45, 7) is 3.87. The molecule has 134 valence electrons. The number of aromatic nitrogens is 1. The molecule has 4 rings (SSSR count). The van der Waals surface area contributed by atoms with Gasteiger partial charge in [0.2, 0.25) is 0 Å². The van der Waals surface area contributed by atoms with E-state index in [0.29, 0.717) is 5.69 Å². The van der Waals surface area contributed by atoms with E-state index in [9.17, 15) is 4.79 Å². The highest BCUT2D eigenvalue weighted by molar-refractivity contribution is 5.99. The number of rotatable bonds is 4. The largest absolute Gasteiger partial charge is 0.457 e. The van der Waals surface area contributed by atoms with Crippen LogP contribution in [-0.2, 0) is 0 Å². The van der Waals surface area contributed by atoms with Crippen LogP contribution < -0.4 is 10.2 Å². The first kappa shape index (κ1) is 16.7. The topological polar surface area (TPSA) is 57.4 Å². The molecule has 0 radical (unpaired) electrons. The number of hydrogen-bond donors (Lipinski definition) is 2. The molecule has 0 spiro atoms. The number of nitrogens with zero attached hydrogens (tertiary/aromatic N) is 1. The third kappa shape index (κ3) is 3.58. The summed E-state index contributed by atoms with van der Waals surface area (Å²) >= 11 is 0. The Morgan fingerprint density at radius 3 is 2.62 bits per heavy atom. The standard InChI is InChI=1S/C21H23N3O2/c1-15-8-10-16(11-9-15)26-20-7-5-6-18-17(20)14-19(22-18)21(25)23-24-12-3-2-4-13-24/h5-11,14,22H,2-4,12-13H2,1H3,(H,23,25). The fraction of sp³-hybridized carbons (Fsp3) is 0.286. The number of aryl methyl sites for hydroxylation is 1. The van der Waals surface area contributed by atoms with Crippen LogP contribution in [0.15, 0.2) is 48.5 Å². The molecule has 0 saturated carbocycles. The van der Waals surface area contributed by atoms with Gasteiger partial charge in [0.25, 0.3) is 5.91 Å². The quantitative estimate of drug-likeness (QED) is 0.734. The molecule has 2 N–H and O–H groups in total. The van der Waals surface area contributed by atoms with Crippen molar-refractivity contribution in [3.8, 4) is 11.5 Å². The number of hydrogen-bond acceptors (Lipinski definition) is 3. The number of amides is 1. The molecule has 0 atom stereocenters. The van der Waals surface area contributed by atoms with Crippen LogP contribution in [0.3, 0.4) is 0 Å². The molecule has 1 saturated heterocycles. The number of nitrogens with one attached hydrogen (secondary N) is 2. The minimum Gasteiger partial charge on any atom is -0.457 e. The molecule has 2 aromatic carbocycles. The normalized spacial score (nSPS) is 15.1. The molecule has 1 amide bonds. The summed E-state index contributed by atoms with van der Waals surface area (Å²) in [6.07, 6.45) is 3.49. The number of hydrazine groups is 1. The summed E-state index contributed by atoms with van der Waals surface area (Å²) in [4.78, 5) is 15.8. The van der Waals surface area contributed by atoms with E-state index in [1.165, 1.54) is 12.0 Å². The van der Waals surface area contributed by atoms with Crippen LogP contribution >= 0.6 is 0 Å². The molecular weight excluding hydrogens is 326 g/mol. The number of ether oxygens (including phenoxy) is 1. The number of H-pyrrole nitrogens is 1. The van der Waals surface area contributed by atoms with Crippen LogP contribution in [0.4, 0.5) is 0 Å². The summed E-state index contributed by atoms with van der Waals surface area (Å²) in [7, 11) is 0. The molecular formula is C21H23N3O2.